The number of hydrogen-bond acceptors (Lipinski definition) is 3. The van der Waals surface area contributed by atoms with Crippen molar-refractivity contribution in [3.63, 3.8) is 0 Å². The van der Waals surface area contributed by atoms with Crippen molar-refractivity contribution in [2.75, 3.05) is 19.8 Å². The maximum absolute atomic E-state index is 5.70. The maximum Gasteiger partial charge on any atom is 0.282 e. The summed E-state index contributed by atoms with van der Waals surface area (Å²) in [7, 11) is 1.34. The van der Waals surface area contributed by atoms with Crippen LogP contribution >= 0.6 is 0 Å². The minimum absolute atomic E-state index is 0.625. The summed E-state index contributed by atoms with van der Waals surface area (Å²) in [4.78, 5) is 0. The van der Waals surface area contributed by atoms with Gasteiger partial charge in [-0.3, -0.25) is 0 Å². The molecule has 110 valence electrons. The Morgan fingerprint density at radius 3 is 1.61 bits per heavy atom. The fourth-order valence-electron chi connectivity index (χ4n) is 2.12. The summed E-state index contributed by atoms with van der Waals surface area (Å²) in [5, 5.41) is 0. The van der Waals surface area contributed by atoms with Crippen molar-refractivity contribution < 1.29 is 14.2 Å². The van der Waals surface area contributed by atoms with Crippen LogP contribution in [-0.4, -0.2) is 36.0 Å². The number of hydrogen-bond donors (Lipinski definition) is 0. The Morgan fingerprint density at radius 2 is 1.17 bits per heavy atom. The zero-order valence-electron chi connectivity index (χ0n) is 12.8. The molecule has 0 spiro atoms. The van der Waals surface area contributed by atoms with Crippen LogP contribution < -0.4 is 0 Å². The van der Waals surface area contributed by atoms with E-state index in [2.05, 4.69) is 0 Å². The van der Waals surface area contributed by atoms with Crippen LogP contribution in [0.4, 0.5) is 0 Å². The minimum atomic E-state index is -0.796. The third-order valence-corrected chi connectivity index (χ3v) is 3.64. The highest BCUT2D eigenvalue weighted by atomic mass is 28.1. The Labute approximate surface area is 116 Å². The van der Waals surface area contributed by atoms with E-state index < -0.39 is 5.97 Å². The third-order valence-electron chi connectivity index (χ3n) is 2.93. The topological polar surface area (TPSA) is 27.7 Å². The molecular formula is C14H32O3Si. The van der Waals surface area contributed by atoms with E-state index in [1.54, 1.807) is 0 Å². The molecule has 0 radical (unpaired) electrons. The van der Waals surface area contributed by atoms with Crippen molar-refractivity contribution in [2.24, 2.45) is 0 Å². The van der Waals surface area contributed by atoms with E-state index in [0.29, 0.717) is 19.8 Å². The molecular weight excluding hydrogens is 244 g/mol. The smallest absolute Gasteiger partial charge is 0.282 e. The second-order valence-corrected chi connectivity index (χ2v) is 5.50. The predicted molar refractivity (Wildman–Crippen MR) is 80.1 cm³/mol. The van der Waals surface area contributed by atoms with Crippen LogP contribution in [0.3, 0.4) is 0 Å². The lowest BCUT2D eigenvalue weighted by Gasteiger charge is -2.32. The van der Waals surface area contributed by atoms with E-state index in [0.717, 1.165) is 12.8 Å². The Kier molecular flexibility index (Phi) is 12.2. The van der Waals surface area contributed by atoms with Gasteiger partial charge in [0.1, 0.15) is 0 Å². The molecule has 4 heteroatoms. The molecule has 0 N–H and O–H groups in total. The van der Waals surface area contributed by atoms with E-state index in [1.807, 2.05) is 20.8 Å². The van der Waals surface area contributed by atoms with E-state index in [4.69, 9.17) is 14.2 Å². The van der Waals surface area contributed by atoms with Gasteiger partial charge in [0, 0.05) is 36.5 Å². The lowest BCUT2D eigenvalue weighted by Crippen LogP contribution is -2.39. The van der Waals surface area contributed by atoms with E-state index >= 15 is 0 Å². The molecule has 0 aliphatic rings. The van der Waals surface area contributed by atoms with Crippen LogP contribution in [0.2, 0.25) is 6.04 Å². The highest BCUT2D eigenvalue weighted by Gasteiger charge is 2.31. The molecule has 0 heterocycles. The molecule has 0 aromatic carbocycles. The molecule has 0 aliphatic heterocycles. The maximum atomic E-state index is 5.70. The van der Waals surface area contributed by atoms with E-state index in [1.165, 1.54) is 42.0 Å². The number of ether oxygens (including phenoxy) is 3. The first-order valence-electron chi connectivity index (χ1n) is 7.66. The standard InChI is InChI=1S/C14H32O3Si/c1-4-15-14(16-5-2,17-6-3)12-10-8-7-9-11-13-18/h4-13H2,1-3,18H3. The molecule has 3 nitrogen and oxygen atoms in total. The predicted octanol–water partition coefficient (Wildman–Crippen LogP) is 2.87. The minimum Gasteiger partial charge on any atom is -0.328 e. The molecule has 0 bridgehead atoms. The quantitative estimate of drug-likeness (QED) is 0.294. The van der Waals surface area contributed by atoms with Crippen LogP contribution in [0.1, 0.15) is 59.3 Å². The largest absolute Gasteiger partial charge is 0.328 e. The van der Waals surface area contributed by atoms with Crippen LogP contribution in [0.5, 0.6) is 0 Å². The van der Waals surface area contributed by atoms with Gasteiger partial charge in [0.2, 0.25) is 0 Å². The van der Waals surface area contributed by atoms with Gasteiger partial charge in [0.05, 0.1) is 0 Å². The number of rotatable bonds is 13. The fourth-order valence-corrected chi connectivity index (χ4v) is 2.62. The highest BCUT2D eigenvalue weighted by Crippen LogP contribution is 2.24. The second kappa shape index (κ2) is 12.1. The summed E-state index contributed by atoms with van der Waals surface area (Å²) in [6.07, 6.45) is 7.29. The Hall–Kier alpha value is 0.0969. The molecule has 0 atom stereocenters. The van der Waals surface area contributed by atoms with Gasteiger partial charge in [0.25, 0.3) is 5.97 Å². The zero-order chi connectivity index (χ0) is 13.7. The summed E-state index contributed by atoms with van der Waals surface area (Å²) in [5.74, 6) is -0.796. The molecule has 0 aromatic heterocycles. The van der Waals surface area contributed by atoms with Gasteiger partial charge in [-0.15, -0.1) is 0 Å². The molecule has 0 aliphatic carbocycles. The van der Waals surface area contributed by atoms with Gasteiger partial charge in [-0.2, -0.15) is 0 Å². The molecule has 0 saturated heterocycles. The number of unbranched alkanes of at least 4 members (excludes halogenated alkanes) is 4. The first-order valence-corrected chi connectivity index (χ1v) is 9.07. The molecule has 0 saturated carbocycles. The molecule has 18 heavy (non-hydrogen) atoms. The molecule has 0 aromatic rings. The Bertz CT molecular complexity index is 159. The van der Waals surface area contributed by atoms with Gasteiger partial charge in [0.15, 0.2) is 0 Å². The second-order valence-electron chi connectivity index (χ2n) is 4.50. The van der Waals surface area contributed by atoms with Gasteiger partial charge in [-0.05, 0) is 27.2 Å². The monoisotopic (exact) mass is 276 g/mol. The third kappa shape index (κ3) is 8.24. The summed E-state index contributed by atoms with van der Waals surface area (Å²) in [6.45, 7) is 7.83. The average Bonchev–Trinajstić information content (AvgIpc) is 2.35. The summed E-state index contributed by atoms with van der Waals surface area (Å²) in [6, 6.07) is 1.43. The first-order chi connectivity index (χ1) is 8.74. The van der Waals surface area contributed by atoms with Crippen molar-refractivity contribution in [1.82, 2.24) is 0 Å². The van der Waals surface area contributed by atoms with Gasteiger partial charge in [-0.25, -0.2) is 0 Å². The van der Waals surface area contributed by atoms with E-state index in [9.17, 15) is 0 Å². The molecule has 0 rings (SSSR count). The molecule has 0 amide bonds. The van der Waals surface area contributed by atoms with Crippen LogP contribution in [0.15, 0.2) is 0 Å². The fraction of sp³-hybridized carbons (Fsp3) is 1.00. The normalized spacial score (nSPS) is 12.2. The van der Waals surface area contributed by atoms with Gasteiger partial charge >= 0.3 is 0 Å². The first kappa shape index (κ1) is 18.1. The van der Waals surface area contributed by atoms with E-state index in [-0.39, 0.29) is 0 Å². The van der Waals surface area contributed by atoms with Crippen molar-refractivity contribution in [1.29, 1.82) is 0 Å². The van der Waals surface area contributed by atoms with Crippen LogP contribution in [0, 0.1) is 0 Å². The van der Waals surface area contributed by atoms with Crippen molar-refractivity contribution >= 4 is 10.2 Å². The van der Waals surface area contributed by atoms with Crippen molar-refractivity contribution in [2.45, 2.75) is 71.3 Å². The lowest BCUT2D eigenvalue weighted by molar-refractivity contribution is -0.380. The summed E-state index contributed by atoms with van der Waals surface area (Å²) < 4.78 is 17.1. The molecule has 0 fully saturated rings. The summed E-state index contributed by atoms with van der Waals surface area (Å²) in [5.41, 5.74) is 0. The van der Waals surface area contributed by atoms with Crippen molar-refractivity contribution in [3.05, 3.63) is 0 Å². The van der Waals surface area contributed by atoms with Crippen LogP contribution in [-0.2, 0) is 14.2 Å². The molecule has 0 unspecified atom stereocenters. The highest BCUT2D eigenvalue weighted by molar-refractivity contribution is 6.08. The SMILES string of the molecule is CCOC(CCCCCCC[SiH3])(OCC)OCC. The average molecular weight is 276 g/mol. The summed E-state index contributed by atoms with van der Waals surface area (Å²) >= 11 is 0. The lowest BCUT2D eigenvalue weighted by atomic mass is 10.1. The van der Waals surface area contributed by atoms with Crippen molar-refractivity contribution in [3.8, 4) is 0 Å². The Balaban J connectivity index is 3.97. The van der Waals surface area contributed by atoms with Crippen LogP contribution in [0.25, 0.3) is 0 Å². The van der Waals surface area contributed by atoms with Gasteiger partial charge in [-0.1, -0.05) is 31.7 Å². The Morgan fingerprint density at radius 1 is 0.722 bits per heavy atom. The van der Waals surface area contributed by atoms with Gasteiger partial charge < -0.3 is 14.2 Å². The zero-order valence-corrected chi connectivity index (χ0v) is 14.8.